The highest BCUT2D eigenvalue weighted by atomic mass is 28.3. The molecule has 0 heterocycles. The number of ether oxygens (including phenoxy) is 1. The zero-order valence-corrected chi connectivity index (χ0v) is 13.8. The molecule has 0 aliphatic carbocycles. The molecule has 0 spiro atoms. The van der Waals surface area contributed by atoms with Crippen LogP contribution in [0.3, 0.4) is 0 Å². The first-order chi connectivity index (χ1) is 10.3. The van der Waals surface area contributed by atoms with Crippen molar-refractivity contribution in [2.24, 2.45) is 0 Å². The smallest absolute Gasteiger partial charge is 0.129 e. The van der Waals surface area contributed by atoms with Crippen molar-refractivity contribution in [1.82, 2.24) is 0 Å². The SMILES string of the molecule is C[Si](C)(C)c1c(F)cc(OCc2cccc(C#N)c2)cc1F. The molecule has 2 nitrogen and oxygen atoms in total. The lowest BCUT2D eigenvalue weighted by Gasteiger charge is -2.19. The van der Waals surface area contributed by atoms with E-state index in [0.29, 0.717) is 5.56 Å². The first kappa shape index (κ1) is 16.2. The summed E-state index contributed by atoms with van der Waals surface area (Å²) in [5, 5.41) is 9.03. The van der Waals surface area contributed by atoms with Crippen LogP contribution in [0.25, 0.3) is 0 Å². The Morgan fingerprint density at radius 3 is 2.27 bits per heavy atom. The van der Waals surface area contributed by atoms with Gasteiger partial charge in [0.1, 0.15) is 24.0 Å². The molecule has 0 saturated heterocycles. The predicted octanol–water partition coefficient (Wildman–Crippen LogP) is 3.96. The Morgan fingerprint density at radius 2 is 1.73 bits per heavy atom. The minimum Gasteiger partial charge on any atom is -0.489 e. The number of hydrogen-bond donors (Lipinski definition) is 0. The number of nitrogens with zero attached hydrogens (tertiary/aromatic N) is 1. The molecule has 0 amide bonds. The molecule has 0 N–H and O–H groups in total. The molecule has 0 fully saturated rings. The summed E-state index contributed by atoms with van der Waals surface area (Å²) in [6.45, 7) is 5.83. The van der Waals surface area contributed by atoms with Gasteiger partial charge in [0.2, 0.25) is 0 Å². The summed E-state index contributed by atoms with van der Waals surface area (Å²) in [6.07, 6.45) is 0. The van der Waals surface area contributed by atoms with E-state index < -0.39 is 19.7 Å². The summed E-state index contributed by atoms with van der Waals surface area (Å²) in [4.78, 5) is 0. The van der Waals surface area contributed by atoms with Gasteiger partial charge in [-0.15, -0.1) is 0 Å². The van der Waals surface area contributed by atoms with E-state index in [-0.39, 0.29) is 17.5 Å². The Morgan fingerprint density at radius 1 is 1.09 bits per heavy atom. The van der Waals surface area contributed by atoms with E-state index in [1.807, 2.05) is 25.7 Å². The van der Waals surface area contributed by atoms with Crippen molar-refractivity contribution in [2.45, 2.75) is 26.2 Å². The molecule has 0 radical (unpaired) electrons. The van der Waals surface area contributed by atoms with E-state index in [0.717, 1.165) is 5.56 Å². The monoisotopic (exact) mass is 317 g/mol. The lowest BCUT2D eigenvalue weighted by atomic mass is 10.1. The van der Waals surface area contributed by atoms with Crippen LogP contribution in [0.15, 0.2) is 36.4 Å². The Labute approximate surface area is 130 Å². The standard InChI is InChI=1S/C17H17F2NOSi/c1-22(2,3)17-15(18)8-14(9-16(17)19)21-11-13-6-4-5-12(7-13)10-20/h4-9H,11H2,1-3H3. The average Bonchev–Trinajstić information content (AvgIpc) is 2.43. The molecule has 114 valence electrons. The Bertz CT molecular complexity index is 709. The molecule has 0 aliphatic heterocycles. The van der Waals surface area contributed by atoms with Crippen molar-refractivity contribution in [3.63, 3.8) is 0 Å². The van der Waals surface area contributed by atoms with E-state index in [2.05, 4.69) is 0 Å². The quantitative estimate of drug-likeness (QED) is 0.800. The predicted molar refractivity (Wildman–Crippen MR) is 84.8 cm³/mol. The van der Waals surface area contributed by atoms with Gasteiger partial charge in [-0.1, -0.05) is 31.8 Å². The lowest BCUT2D eigenvalue weighted by Crippen LogP contribution is -2.42. The van der Waals surface area contributed by atoms with Crippen LogP contribution in [0.4, 0.5) is 8.78 Å². The molecule has 0 aromatic heterocycles. The van der Waals surface area contributed by atoms with Crippen LogP contribution in [0.5, 0.6) is 5.75 Å². The summed E-state index contributed by atoms with van der Waals surface area (Å²) >= 11 is 0. The van der Waals surface area contributed by atoms with Gasteiger partial charge >= 0.3 is 0 Å². The highest BCUT2D eigenvalue weighted by Gasteiger charge is 2.25. The van der Waals surface area contributed by atoms with Gasteiger partial charge in [0.05, 0.1) is 19.7 Å². The molecule has 2 aromatic carbocycles. The fourth-order valence-electron chi connectivity index (χ4n) is 2.25. The van der Waals surface area contributed by atoms with Gasteiger partial charge in [-0.05, 0) is 17.7 Å². The van der Waals surface area contributed by atoms with Crippen LogP contribution >= 0.6 is 0 Å². The van der Waals surface area contributed by atoms with Gasteiger partial charge in [0.15, 0.2) is 0 Å². The highest BCUT2D eigenvalue weighted by Crippen LogP contribution is 2.19. The molecular formula is C17H17F2NOSi. The number of nitriles is 1. The molecule has 0 aliphatic rings. The second-order valence-corrected chi connectivity index (χ2v) is 11.1. The van der Waals surface area contributed by atoms with E-state index in [1.165, 1.54) is 12.1 Å². The van der Waals surface area contributed by atoms with Gasteiger partial charge < -0.3 is 4.74 Å². The Balaban J connectivity index is 2.19. The first-order valence-corrected chi connectivity index (χ1v) is 10.4. The first-order valence-electron chi connectivity index (χ1n) is 6.92. The van der Waals surface area contributed by atoms with Crippen LogP contribution in [-0.2, 0) is 6.61 Å². The summed E-state index contributed by atoms with van der Waals surface area (Å²) < 4.78 is 33.7. The normalized spacial score (nSPS) is 11.1. The minimum atomic E-state index is -2.09. The third-order valence-electron chi connectivity index (χ3n) is 3.23. The number of rotatable bonds is 4. The van der Waals surface area contributed by atoms with E-state index in [9.17, 15) is 8.78 Å². The second kappa shape index (κ2) is 6.28. The van der Waals surface area contributed by atoms with E-state index in [1.54, 1.807) is 24.3 Å². The fraction of sp³-hybridized carbons (Fsp3) is 0.235. The van der Waals surface area contributed by atoms with Crippen LogP contribution in [0, 0.1) is 23.0 Å². The van der Waals surface area contributed by atoms with Crippen molar-refractivity contribution < 1.29 is 13.5 Å². The largest absolute Gasteiger partial charge is 0.489 e. The number of halogens is 2. The van der Waals surface area contributed by atoms with Crippen molar-refractivity contribution >= 4 is 13.3 Å². The van der Waals surface area contributed by atoms with Crippen LogP contribution in [0.1, 0.15) is 11.1 Å². The van der Waals surface area contributed by atoms with Crippen molar-refractivity contribution in [3.05, 3.63) is 59.2 Å². The van der Waals surface area contributed by atoms with Crippen molar-refractivity contribution in [1.29, 1.82) is 5.26 Å². The number of hydrogen-bond acceptors (Lipinski definition) is 2. The maximum Gasteiger partial charge on any atom is 0.129 e. The molecule has 0 unspecified atom stereocenters. The molecule has 22 heavy (non-hydrogen) atoms. The average molecular weight is 317 g/mol. The molecule has 0 saturated carbocycles. The summed E-state index contributed by atoms with van der Waals surface area (Å²) in [5.41, 5.74) is 1.29. The lowest BCUT2D eigenvalue weighted by molar-refractivity contribution is 0.303. The maximum absolute atomic E-state index is 14.1. The molecule has 0 bridgehead atoms. The third-order valence-corrected chi connectivity index (χ3v) is 5.20. The van der Waals surface area contributed by atoms with Crippen LogP contribution in [-0.4, -0.2) is 8.07 Å². The van der Waals surface area contributed by atoms with Crippen LogP contribution in [0.2, 0.25) is 19.6 Å². The maximum atomic E-state index is 14.1. The van der Waals surface area contributed by atoms with Crippen molar-refractivity contribution in [3.8, 4) is 11.8 Å². The highest BCUT2D eigenvalue weighted by molar-refractivity contribution is 6.88. The molecule has 2 rings (SSSR count). The number of benzene rings is 2. The molecule has 0 atom stereocenters. The second-order valence-electron chi connectivity index (χ2n) is 6.11. The van der Waals surface area contributed by atoms with Gasteiger partial charge in [-0.2, -0.15) is 5.26 Å². The summed E-state index contributed by atoms with van der Waals surface area (Å²) in [5.74, 6) is -0.959. The van der Waals surface area contributed by atoms with Gasteiger partial charge in [-0.3, -0.25) is 0 Å². The molecule has 2 aromatic rings. The van der Waals surface area contributed by atoms with E-state index >= 15 is 0 Å². The third kappa shape index (κ3) is 3.71. The molecule has 5 heteroatoms. The van der Waals surface area contributed by atoms with E-state index in [4.69, 9.17) is 10.00 Å². The molecular weight excluding hydrogens is 300 g/mol. The zero-order chi connectivity index (χ0) is 16.3. The summed E-state index contributed by atoms with van der Waals surface area (Å²) in [6, 6.07) is 11.4. The van der Waals surface area contributed by atoms with Crippen molar-refractivity contribution in [2.75, 3.05) is 0 Å². The Hall–Kier alpha value is -2.19. The van der Waals surface area contributed by atoms with Gasteiger partial charge in [0, 0.05) is 17.3 Å². The fourth-order valence-corrected chi connectivity index (χ4v) is 3.82. The van der Waals surface area contributed by atoms with Crippen LogP contribution < -0.4 is 9.92 Å². The van der Waals surface area contributed by atoms with Gasteiger partial charge in [-0.25, -0.2) is 8.78 Å². The van der Waals surface area contributed by atoms with Gasteiger partial charge in [0.25, 0.3) is 0 Å². The minimum absolute atomic E-state index is 0.152. The topological polar surface area (TPSA) is 33.0 Å². The summed E-state index contributed by atoms with van der Waals surface area (Å²) in [7, 11) is -2.09. The zero-order valence-electron chi connectivity index (χ0n) is 12.8. The Kier molecular flexibility index (Phi) is 4.62.